The molecular weight excluding hydrogens is 184 g/mol. The molecule has 1 unspecified atom stereocenters. The van der Waals surface area contributed by atoms with Gasteiger partial charge in [-0.25, -0.2) is 0 Å². The number of aromatic nitrogens is 1. The van der Waals surface area contributed by atoms with Crippen molar-refractivity contribution in [3.05, 3.63) is 29.6 Å². The summed E-state index contributed by atoms with van der Waals surface area (Å²) in [6.45, 7) is 4.36. The van der Waals surface area contributed by atoms with Crippen molar-refractivity contribution in [2.45, 2.75) is 52.0 Å². The van der Waals surface area contributed by atoms with E-state index < -0.39 is 0 Å². The van der Waals surface area contributed by atoms with E-state index in [4.69, 9.17) is 5.73 Å². The molecule has 0 saturated heterocycles. The molecule has 2 nitrogen and oxygen atoms in total. The monoisotopic (exact) mass is 206 g/mol. The van der Waals surface area contributed by atoms with E-state index in [1.807, 2.05) is 12.3 Å². The number of nitrogens with two attached hydrogens (primary N) is 1. The first-order valence-corrected chi connectivity index (χ1v) is 5.99. The SMILES string of the molecule is CCCCCC(N)c1ncccc1CC. The number of pyridine rings is 1. The second-order valence-corrected chi connectivity index (χ2v) is 4.00. The summed E-state index contributed by atoms with van der Waals surface area (Å²) in [5, 5.41) is 0. The van der Waals surface area contributed by atoms with Crippen LogP contribution in [0.5, 0.6) is 0 Å². The first-order valence-electron chi connectivity index (χ1n) is 5.99. The fourth-order valence-corrected chi connectivity index (χ4v) is 1.83. The fourth-order valence-electron chi connectivity index (χ4n) is 1.83. The van der Waals surface area contributed by atoms with E-state index in [0.29, 0.717) is 0 Å². The molecule has 84 valence electrons. The Morgan fingerprint density at radius 2 is 2.13 bits per heavy atom. The Kier molecular flexibility index (Phi) is 5.33. The summed E-state index contributed by atoms with van der Waals surface area (Å²) < 4.78 is 0. The van der Waals surface area contributed by atoms with Gasteiger partial charge >= 0.3 is 0 Å². The molecule has 2 heteroatoms. The van der Waals surface area contributed by atoms with Crippen LogP contribution in [0.3, 0.4) is 0 Å². The van der Waals surface area contributed by atoms with Crippen molar-refractivity contribution in [3.8, 4) is 0 Å². The number of hydrogen-bond acceptors (Lipinski definition) is 2. The molecule has 1 heterocycles. The number of aryl methyl sites for hydroxylation is 1. The lowest BCUT2D eigenvalue weighted by Gasteiger charge is -2.14. The van der Waals surface area contributed by atoms with Gasteiger partial charge in [0.2, 0.25) is 0 Å². The zero-order chi connectivity index (χ0) is 11.1. The molecule has 0 radical (unpaired) electrons. The van der Waals surface area contributed by atoms with E-state index in [-0.39, 0.29) is 6.04 Å². The third kappa shape index (κ3) is 3.63. The Hall–Kier alpha value is -0.890. The second kappa shape index (κ2) is 6.57. The Balaban J connectivity index is 2.59. The molecule has 2 N–H and O–H groups in total. The molecule has 0 aliphatic rings. The standard InChI is InChI=1S/C13H22N2/c1-3-5-6-9-12(14)13-11(4-2)8-7-10-15-13/h7-8,10,12H,3-6,9,14H2,1-2H3. The Bertz CT molecular complexity index is 284. The highest BCUT2D eigenvalue weighted by atomic mass is 14.8. The van der Waals surface area contributed by atoms with E-state index in [1.165, 1.54) is 24.8 Å². The maximum absolute atomic E-state index is 6.15. The summed E-state index contributed by atoms with van der Waals surface area (Å²) in [4.78, 5) is 4.40. The third-order valence-electron chi connectivity index (χ3n) is 2.78. The average molecular weight is 206 g/mol. The zero-order valence-electron chi connectivity index (χ0n) is 9.87. The normalized spacial score (nSPS) is 12.7. The zero-order valence-corrected chi connectivity index (χ0v) is 9.87. The molecule has 15 heavy (non-hydrogen) atoms. The lowest BCUT2D eigenvalue weighted by atomic mass is 10.0. The summed E-state index contributed by atoms with van der Waals surface area (Å²) in [6.07, 6.45) is 7.63. The Morgan fingerprint density at radius 3 is 2.80 bits per heavy atom. The van der Waals surface area contributed by atoms with Crippen LogP contribution in [0.25, 0.3) is 0 Å². The molecule has 0 amide bonds. The van der Waals surface area contributed by atoms with E-state index in [9.17, 15) is 0 Å². The van der Waals surface area contributed by atoms with Crippen molar-refractivity contribution in [2.24, 2.45) is 5.73 Å². The van der Waals surface area contributed by atoms with Gasteiger partial charge in [0, 0.05) is 12.2 Å². The van der Waals surface area contributed by atoms with Gasteiger partial charge in [0.1, 0.15) is 0 Å². The molecule has 1 rings (SSSR count). The van der Waals surface area contributed by atoms with Gasteiger partial charge in [-0.2, -0.15) is 0 Å². The minimum atomic E-state index is 0.118. The Morgan fingerprint density at radius 1 is 1.33 bits per heavy atom. The molecule has 0 saturated carbocycles. The van der Waals surface area contributed by atoms with Crippen molar-refractivity contribution >= 4 is 0 Å². The molecule has 1 aromatic rings. The van der Waals surface area contributed by atoms with E-state index in [2.05, 4.69) is 24.9 Å². The molecule has 0 aromatic carbocycles. The molecule has 0 spiro atoms. The molecule has 1 atom stereocenters. The maximum Gasteiger partial charge on any atom is 0.0602 e. The molecule has 1 aromatic heterocycles. The largest absolute Gasteiger partial charge is 0.323 e. The summed E-state index contributed by atoms with van der Waals surface area (Å²) in [6, 6.07) is 4.23. The first kappa shape index (κ1) is 12.2. The van der Waals surface area contributed by atoms with Crippen LogP contribution in [0, 0.1) is 0 Å². The average Bonchev–Trinajstić information content (AvgIpc) is 2.29. The van der Waals surface area contributed by atoms with Crippen molar-refractivity contribution < 1.29 is 0 Å². The summed E-state index contributed by atoms with van der Waals surface area (Å²) in [7, 11) is 0. The van der Waals surface area contributed by atoms with Crippen molar-refractivity contribution in [2.75, 3.05) is 0 Å². The minimum absolute atomic E-state index is 0.118. The quantitative estimate of drug-likeness (QED) is 0.726. The van der Waals surface area contributed by atoms with Gasteiger partial charge in [0.05, 0.1) is 5.69 Å². The van der Waals surface area contributed by atoms with E-state index in [0.717, 1.165) is 18.5 Å². The Labute approximate surface area is 92.9 Å². The number of nitrogens with zero attached hydrogens (tertiary/aromatic N) is 1. The summed E-state index contributed by atoms with van der Waals surface area (Å²) in [5.41, 5.74) is 8.54. The van der Waals surface area contributed by atoms with Gasteiger partial charge in [-0.3, -0.25) is 4.98 Å². The van der Waals surface area contributed by atoms with Crippen LogP contribution in [0.2, 0.25) is 0 Å². The number of hydrogen-bond donors (Lipinski definition) is 1. The predicted octanol–water partition coefficient (Wildman–Crippen LogP) is 3.22. The highest BCUT2D eigenvalue weighted by Gasteiger charge is 2.10. The van der Waals surface area contributed by atoms with Crippen LogP contribution in [-0.2, 0) is 6.42 Å². The van der Waals surface area contributed by atoms with Gasteiger partial charge in [-0.15, -0.1) is 0 Å². The van der Waals surface area contributed by atoms with Crippen molar-refractivity contribution in [3.63, 3.8) is 0 Å². The van der Waals surface area contributed by atoms with Crippen LogP contribution in [0.1, 0.15) is 56.8 Å². The lowest BCUT2D eigenvalue weighted by molar-refractivity contribution is 0.567. The van der Waals surface area contributed by atoms with E-state index >= 15 is 0 Å². The lowest BCUT2D eigenvalue weighted by Crippen LogP contribution is -2.14. The highest BCUT2D eigenvalue weighted by molar-refractivity contribution is 5.22. The number of rotatable bonds is 6. The van der Waals surface area contributed by atoms with Gasteiger partial charge in [-0.05, 0) is 24.5 Å². The van der Waals surface area contributed by atoms with Gasteiger partial charge in [0.25, 0.3) is 0 Å². The highest BCUT2D eigenvalue weighted by Crippen LogP contribution is 2.19. The second-order valence-electron chi connectivity index (χ2n) is 4.00. The van der Waals surface area contributed by atoms with Gasteiger partial charge < -0.3 is 5.73 Å². The fraction of sp³-hybridized carbons (Fsp3) is 0.615. The smallest absolute Gasteiger partial charge is 0.0602 e. The molecule has 0 aliphatic heterocycles. The minimum Gasteiger partial charge on any atom is -0.323 e. The first-order chi connectivity index (χ1) is 7.29. The van der Waals surface area contributed by atoms with Crippen LogP contribution in [0.4, 0.5) is 0 Å². The summed E-state index contributed by atoms with van der Waals surface area (Å²) >= 11 is 0. The maximum atomic E-state index is 6.15. The van der Waals surface area contributed by atoms with E-state index in [1.54, 1.807) is 0 Å². The van der Waals surface area contributed by atoms with Crippen LogP contribution < -0.4 is 5.73 Å². The predicted molar refractivity (Wildman–Crippen MR) is 64.7 cm³/mol. The number of unbranched alkanes of at least 4 members (excludes halogenated alkanes) is 2. The topological polar surface area (TPSA) is 38.9 Å². The molecule has 0 bridgehead atoms. The van der Waals surface area contributed by atoms with Crippen LogP contribution in [-0.4, -0.2) is 4.98 Å². The summed E-state index contributed by atoms with van der Waals surface area (Å²) in [5.74, 6) is 0. The third-order valence-corrected chi connectivity index (χ3v) is 2.78. The molecule has 0 fully saturated rings. The van der Waals surface area contributed by atoms with Crippen LogP contribution >= 0.6 is 0 Å². The van der Waals surface area contributed by atoms with Crippen molar-refractivity contribution in [1.82, 2.24) is 4.98 Å². The molecular formula is C13H22N2. The molecule has 0 aliphatic carbocycles. The van der Waals surface area contributed by atoms with Gasteiger partial charge in [-0.1, -0.05) is 39.2 Å². The van der Waals surface area contributed by atoms with Gasteiger partial charge in [0.15, 0.2) is 0 Å². The van der Waals surface area contributed by atoms with Crippen molar-refractivity contribution in [1.29, 1.82) is 0 Å². The van der Waals surface area contributed by atoms with Crippen LogP contribution in [0.15, 0.2) is 18.3 Å².